The Morgan fingerprint density at radius 3 is 2.57 bits per heavy atom. The highest BCUT2D eigenvalue weighted by Gasteiger charge is 2.21. The van der Waals surface area contributed by atoms with Gasteiger partial charge in [0.2, 0.25) is 0 Å². The molecule has 0 radical (unpaired) electrons. The molecule has 1 aromatic carbocycles. The number of hydrogen-bond donors (Lipinski definition) is 1. The summed E-state index contributed by atoms with van der Waals surface area (Å²) in [5, 5.41) is 4.12. The van der Waals surface area contributed by atoms with Gasteiger partial charge in [0.25, 0.3) is 0 Å². The van der Waals surface area contributed by atoms with Crippen molar-refractivity contribution < 1.29 is 13.2 Å². The van der Waals surface area contributed by atoms with Crippen LogP contribution in [0.25, 0.3) is 5.69 Å². The molecule has 2 N–H and O–H groups in total. The van der Waals surface area contributed by atoms with Crippen LogP contribution in [0, 0.1) is 0 Å². The number of rotatable bonds is 6. The van der Waals surface area contributed by atoms with Crippen LogP contribution >= 0.6 is 0 Å². The molecular weight excluding hydrogens is 290 g/mol. The van der Waals surface area contributed by atoms with Crippen molar-refractivity contribution >= 4 is 15.6 Å². The largest absolute Gasteiger partial charge is 0.321 e. The minimum absolute atomic E-state index is 0.0949. The molecule has 0 aliphatic heterocycles. The zero-order valence-corrected chi connectivity index (χ0v) is 12.5. The quantitative estimate of drug-likeness (QED) is 0.797. The summed E-state index contributed by atoms with van der Waals surface area (Å²) in [6.07, 6.45) is 2.74. The van der Waals surface area contributed by atoms with Gasteiger partial charge in [-0.15, -0.1) is 0 Å². The van der Waals surface area contributed by atoms with Crippen molar-refractivity contribution in [2.45, 2.75) is 12.5 Å². The van der Waals surface area contributed by atoms with Crippen LogP contribution in [0.5, 0.6) is 0 Å². The topological polar surface area (TPSA) is 95.0 Å². The molecule has 2 aromatic rings. The molecule has 0 fully saturated rings. The van der Waals surface area contributed by atoms with Gasteiger partial charge in [0, 0.05) is 6.26 Å². The lowest BCUT2D eigenvalue weighted by Gasteiger charge is -2.11. The molecule has 1 atom stereocenters. The highest BCUT2D eigenvalue weighted by atomic mass is 32.2. The molecule has 0 saturated heterocycles. The number of carbonyl (C=O) groups is 1. The summed E-state index contributed by atoms with van der Waals surface area (Å²) in [5.41, 5.74) is 6.91. The first-order chi connectivity index (χ1) is 9.88. The molecule has 0 aliphatic rings. The molecule has 0 aliphatic carbocycles. The van der Waals surface area contributed by atoms with E-state index in [0.717, 1.165) is 11.9 Å². The van der Waals surface area contributed by atoms with Gasteiger partial charge in [-0.05, 0) is 24.6 Å². The standard InChI is InChI=1S/C14H17N3O3S/c1-21(19,20)10-8-12(15)14(18)13-7-9-16-17(13)11-5-3-2-4-6-11/h2-7,9,12H,8,10,15H2,1H3. The Morgan fingerprint density at radius 2 is 1.95 bits per heavy atom. The van der Waals surface area contributed by atoms with Crippen molar-refractivity contribution in [3.8, 4) is 5.69 Å². The van der Waals surface area contributed by atoms with E-state index in [2.05, 4.69) is 5.10 Å². The van der Waals surface area contributed by atoms with Gasteiger partial charge >= 0.3 is 0 Å². The van der Waals surface area contributed by atoms with E-state index < -0.39 is 15.9 Å². The number of benzene rings is 1. The van der Waals surface area contributed by atoms with Gasteiger partial charge in [-0.2, -0.15) is 5.10 Å². The van der Waals surface area contributed by atoms with Crippen molar-refractivity contribution in [2.75, 3.05) is 12.0 Å². The fourth-order valence-corrected chi connectivity index (χ4v) is 2.61. The van der Waals surface area contributed by atoms with E-state index in [-0.39, 0.29) is 18.0 Å². The average Bonchev–Trinajstić information content (AvgIpc) is 2.93. The molecule has 1 aromatic heterocycles. The summed E-state index contributed by atoms with van der Waals surface area (Å²) in [5.74, 6) is -0.431. The van der Waals surface area contributed by atoms with E-state index in [1.165, 1.54) is 10.9 Å². The Morgan fingerprint density at radius 1 is 1.29 bits per heavy atom. The summed E-state index contributed by atoms with van der Waals surface area (Å²) in [7, 11) is -3.14. The predicted octanol–water partition coefficient (Wildman–Crippen LogP) is 0.817. The maximum Gasteiger partial charge on any atom is 0.197 e. The fourth-order valence-electron chi connectivity index (χ4n) is 1.93. The van der Waals surface area contributed by atoms with Crippen LogP contribution in [-0.4, -0.2) is 42.0 Å². The third kappa shape index (κ3) is 3.99. The van der Waals surface area contributed by atoms with Gasteiger partial charge < -0.3 is 5.73 Å². The third-order valence-electron chi connectivity index (χ3n) is 3.03. The number of para-hydroxylation sites is 1. The zero-order chi connectivity index (χ0) is 15.5. The Balaban J connectivity index is 2.19. The number of nitrogens with two attached hydrogens (primary N) is 1. The van der Waals surface area contributed by atoms with E-state index in [1.807, 2.05) is 30.3 Å². The van der Waals surface area contributed by atoms with Crippen LogP contribution in [0.3, 0.4) is 0 Å². The van der Waals surface area contributed by atoms with Gasteiger partial charge in [0.15, 0.2) is 5.78 Å². The van der Waals surface area contributed by atoms with Gasteiger partial charge in [-0.25, -0.2) is 13.1 Å². The first kappa shape index (κ1) is 15.4. The average molecular weight is 307 g/mol. The molecule has 0 amide bonds. The lowest BCUT2D eigenvalue weighted by molar-refractivity contribution is 0.0952. The molecule has 7 heteroatoms. The normalized spacial score (nSPS) is 13.0. The second-order valence-corrected chi connectivity index (χ2v) is 7.11. The maximum atomic E-state index is 12.3. The lowest BCUT2D eigenvalue weighted by atomic mass is 10.1. The third-order valence-corrected chi connectivity index (χ3v) is 4.01. The van der Waals surface area contributed by atoms with Crippen molar-refractivity contribution in [1.29, 1.82) is 0 Å². The van der Waals surface area contributed by atoms with E-state index in [1.54, 1.807) is 6.07 Å². The minimum atomic E-state index is -3.14. The van der Waals surface area contributed by atoms with Crippen LogP contribution in [-0.2, 0) is 9.84 Å². The van der Waals surface area contributed by atoms with Crippen LogP contribution in [0.15, 0.2) is 42.6 Å². The zero-order valence-electron chi connectivity index (χ0n) is 11.6. The number of carbonyl (C=O) groups excluding carboxylic acids is 1. The smallest absolute Gasteiger partial charge is 0.197 e. The van der Waals surface area contributed by atoms with Gasteiger partial charge in [0.1, 0.15) is 15.5 Å². The summed E-state index contributed by atoms with van der Waals surface area (Å²) < 4.78 is 23.8. The fraction of sp³-hybridized carbons (Fsp3) is 0.286. The summed E-state index contributed by atoms with van der Waals surface area (Å²) in [4.78, 5) is 12.3. The Kier molecular flexibility index (Phi) is 4.54. The number of aromatic nitrogens is 2. The highest BCUT2D eigenvalue weighted by Crippen LogP contribution is 2.12. The summed E-state index contributed by atoms with van der Waals surface area (Å²) >= 11 is 0. The highest BCUT2D eigenvalue weighted by molar-refractivity contribution is 7.90. The van der Waals surface area contributed by atoms with E-state index >= 15 is 0 Å². The number of hydrogen-bond acceptors (Lipinski definition) is 5. The van der Waals surface area contributed by atoms with Gasteiger partial charge in [-0.1, -0.05) is 18.2 Å². The van der Waals surface area contributed by atoms with E-state index in [4.69, 9.17) is 5.73 Å². The van der Waals surface area contributed by atoms with E-state index in [9.17, 15) is 13.2 Å². The van der Waals surface area contributed by atoms with Crippen LogP contribution < -0.4 is 5.73 Å². The molecule has 21 heavy (non-hydrogen) atoms. The molecule has 1 heterocycles. The first-order valence-electron chi connectivity index (χ1n) is 6.45. The predicted molar refractivity (Wildman–Crippen MR) is 80.2 cm³/mol. The first-order valence-corrected chi connectivity index (χ1v) is 8.51. The number of sulfone groups is 1. The molecule has 0 spiro atoms. The number of ketones is 1. The molecule has 2 rings (SSSR count). The lowest BCUT2D eigenvalue weighted by Crippen LogP contribution is -2.33. The maximum absolute atomic E-state index is 12.3. The molecular formula is C14H17N3O3S. The SMILES string of the molecule is CS(=O)(=O)CCC(N)C(=O)c1ccnn1-c1ccccc1. The summed E-state index contributed by atoms with van der Waals surface area (Å²) in [6, 6.07) is 9.92. The monoisotopic (exact) mass is 307 g/mol. The van der Waals surface area contributed by atoms with Gasteiger partial charge in [0.05, 0.1) is 23.7 Å². The van der Waals surface area contributed by atoms with Crippen molar-refractivity contribution in [3.63, 3.8) is 0 Å². The van der Waals surface area contributed by atoms with Crippen LogP contribution in [0.4, 0.5) is 0 Å². The molecule has 0 bridgehead atoms. The Hall–Kier alpha value is -1.99. The molecule has 1 unspecified atom stereocenters. The van der Waals surface area contributed by atoms with E-state index in [0.29, 0.717) is 5.69 Å². The molecule has 112 valence electrons. The van der Waals surface area contributed by atoms with Crippen molar-refractivity contribution in [1.82, 2.24) is 9.78 Å². The second kappa shape index (κ2) is 6.19. The Labute approximate surface area is 123 Å². The minimum Gasteiger partial charge on any atom is -0.321 e. The van der Waals surface area contributed by atoms with Crippen molar-refractivity contribution in [3.05, 3.63) is 48.3 Å². The van der Waals surface area contributed by atoms with Crippen LogP contribution in [0.2, 0.25) is 0 Å². The Bertz CT molecular complexity index is 723. The molecule has 0 saturated carbocycles. The van der Waals surface area contributed by atoms with Crippen LogP contribution in [0.1, 0.15) is 16.9 Å². The number of nitrogens with zero attached hydrogens (tertiary/aromatic N) is 2. The van der Waals surface area contributed by atoms with Crippen molar-refractivity contribution in [2.24, 2.45) is 5.73 Å². The van der Waals surface area contributed by atoms with Gasteiger partial charge in [-0.3, -0.25) is 4.79 Å². The number of Topliss-reactive ketones (excluding diaryl/α,β-unsaturated/α-hetero) is 1. The summed E-state index contributed by atoms with van der Waals surface area (Å²) in [6.45, 7) is 0. The second-order valence-electron chi connectivity index (χ2n) is 4.85. The molecule has 6 nitrogen and oxygen atoms in total.